The molecule has 1 aliphatic rings. The van der Waals surface area contributed by atoms with Gasteiger partial charge in [0.15, 0.2) is 0 Å². The van der Waals surface area contributed by atoms with Crippen LogP contribution in [0, 0.1) is 5.92 Å². The fourth-order valence-corrected chi connectivity index (χ4v) is 2.12. The molecule has 102 valence electrons. The van der Waals surface area contributed by atoms with Crippen molar-refractivity contribution in [2.24, 2.45) is 5.92 Å². The quantitative estimate of drug-likeness (QED) is 0.607. The molecule has 18 heavy (non-hydrogen) atoms. The van der Waals surface area contributed by atoms with E-state index in [0.29, 0.717) is 0 Å². The SMILES string of the molecule is CCC(C)CCN(C)CCCC1=CCC=CC=C1. The summed E-state index contributed by atoms with van der Waals surface area (Å²) in [4.78, 5) is 2.48. The van der Waals surface area contributed by atoms with Gasteiger partial charge in [-0.05, 0) is 51.7 Å². The van der Waals surface area contributed by atoms with Crippen LogP contribution in [0.1, 0.15) is 46.0 Å². The molecule has 1 rings (SSSR count). The average Bonchev–Trinajstić information content (AvgIpc) is 2.64. The largest absolute Gasteiger partial charge is 0.306 e. The predicted octanol–water partition coefficient (Wildman–Crippen LogP) is 4.58. The summed E-state index contributed by atoms with van der Waals surface area (Å²) in [5.41, 5.74) is 1.50. The van der Waals surface area contributed by atoms with Crippen molar-refractivity contribution in [2.75, 3.05) is 20.1 Å². The predicted molar refractivity (Wildman–Crippen MR) is 81.8 cm³/mol. The van der Waals surface area contributed by atoms with Crippen molar-refractivity contribution in [2.45, 2.75) is 46.0 Å². The van der Waals surface area contributed by atoms with Gasteiger partial charge in [0.1, 0.15) is 0 Å². The molecule has 1 nitrogen and oxygen atoms in total. The lowest BCUT2D eigenvalue weighted by atomic mass is 10.0. The summed E-state index contributed by atoms with van der Waals surface area (Å²) in [6.45, 7) is 7.09. The molecule has 0 aliphatic heterocycles. The van der Waals surface area contributed by atoms with Crippen LogP contribution in [-0.2, 0) is 0 Å². The van der Waals surface area contributed by atoms with Crippen molar-refractivity contribution >= 4 is 0 Å². The third-order valence-corrected chi connectivity index (χ3v) is 3.78. The molecule has 0 bridgehead atoms. The smallest absolute Gasteiger partial charge is 0.00186 e. The third-order valence-electron chi connectivity index (χ3n) is 3.78. The highest BCUT2D eigenvalue weighted by Crippen LogP contribution is 2.12. The van der Waals surface area contributed by atoms with E-state index >= 15 is 0 Å². The van der Waals surface area contributed by atoms with Crippen LogP contribution in [0.3, 0.4) is 0 Å². The molecule has 0 radical (unpaired) electrons. The van der Waals surface area contributed by atoms with Crippen molar-refractivity contribution in [3.63, 3.8) is 0 Å². The summed E-state index contributed by atoms with van der Waals surface area (Å²) in [6.07, 6.45) is 17.3. The zero-order chi connectivity index (χ0) is 13.2. The molecule has 0 aromatic heterocycles. The second-order valence-electron chi connectivity index (χ2n) is 5.51. The Hall–Kier alpha value is -0.820. The number of nitrogens with zero attached hydrogens (tertiary/aromatic N) is 1. The molecule has 0 N–H and O–H groups in total. The summed E-state index contributed by atoms with van der Waals surface area (Å²) >= 11 is 0. The van der Waals surface area contributed by atoms with Crippen molar-refractivity contribution in [1.29, 1.82) is 0 Å². The van der Waals surface area contributed by atoms with Gasteiger partial charge in [-0.2, -0.15) is 0 Å². The second-order valence-corrected chi connectivity index (χ2v) is 5.51. The highest BCUT2D eigenvalue weighted by atomic mass is 15.1. The Bertz CT molecular complexity index is 299. The van der Waals surface area contributed by atoms with Crippen LogP contribution < -0.4 is 0 Å². The maximum atomic E-state index is 2.48. The normalized spacial score (nSPS) is 16.8. The molecule has 0 amide bonds. The Labute approximate surface area is 113 Å². The number of hydrogen-bond acceptors (Lipinski definition) is 1. The van der Waals surface area contributed by atoms with Gasteiger partial charge in [0.2, 0.25) is 0 Å². The molecular formula is C17H29N. The molecule has 0 aromatic rings. The van der Waals surface area contributed by atoms with Crippen molar-refractivity contribution in [3.8, 4) is 0 Å². The third kappa shape index (κ3) is 6.80. The zero-order valence-corrected chi connectivity index (χ0v) is 12.4. The first-order valence-corrected chi connectivity index (χ1v) is 7.43. The van der Waals surface area contributed by atoms with Crippen LogP contribution in [0.4, 0.5) is 0 Å². The van der Waals surface area contributed by atoms with E-state index in [1.807, 2.05) is 0 Å². The van der Waals surface area contributed by atoms with Crippen LogP contribution >= 0.6 is 0 Å². The highest BCUT2D eigenvalue weighted by molar-refractivity contribution is 5.26. The van der Waals surface area contributed by atoms with Crippen molar-refractivity contribution in [3.05, 3.63) is 36.0 Å². The lowest BCUT2D eigenvalue weighted by Gasteiger charge is -2.18. The lowest BCUT2D eigenvalue weighted by Crippen LogP contribution is -2.22. The lowest BCUT2D eigenvalue weighted by molar-refractivity contribution is 0.300. The first kappa shape index (κ1) is 15.2. The van der Waals surface area contributed by atoms with Gasteiger partial charge in [-0.25, -0.2) is 0 Å². The number of hydrogen-bond donors (Lipinski definition) is 0. The summed E-state index contributed by atoms with van der Waals surface area (Å²) in [5.74, 6) is 0.867. The molecule has 1 heteroatoms. The molecule has 0 saturated carbocycles. The maximum absolute atomic E-state index is 2.48. The fourth-order valence-electron chi connectivity index (χ4n) is 2.12. The van der Waals surface area contributed by atoms with Crippen molar-refractivity contribution in [1.82, 2.24) is 4.90 Å². The minimum atomic E-state index is 0.867. The molecule has 0 fully saturated rings. The van der Waals surface area contributed by atoms with E-state index in [1.165, 1.54) is 44.3 Å². The Kier molecular flexibility index (Phi) is 7.75. The van der Waals surface area contributed by atoms with Gasteiger partial charge in [-0.15, -0.1) is 0 Å². The van der Waals surface area contributed by atoms with Crippen LogP contribution in [0.2, 0.25) is 0 Å². The van der Waals surface area contributed by atoms with E-state index in [0.717, 1.165) is 12.3 Å². The standard InChI is InChI=1S/C17H29N/c1-4-16(2)13-15-18(3)14-9-12-17-10-7-5-6-8-11-17/h5-7,10-11,16H,4,8-9,12-15H2,1-3H3. The van der Waals surface area contributed by atoms with E-state index in [2.05, 4.69) is 56.2 Å². The van der Waals surface area contributed by atoms with E-state index in [9.17, 15) is 0 Å². The summed E-state index contributed by atoms with van der Waals surface area (Å²) < 4.78 is 0. The maximum Gasteiger partial charge on any atom is -0.00186 e. The molecule has 1 atom stereocenters. The average molecular weight is 247 g/mol. The van der Waals surface area contributed by atoms with Gasteiger partial charge in [0.25, 0.3) is 0 Å². The van der Waals surface area contributed by atoms with Gasteiger partial charge >= 0.3 is 0 Å². The first-order valence-electron chi connectivity index (χ1n) is 7.43. The molecule has 0 spiro atoms. The van der Waals surface area contributed by atoms with Gasteiger partial charge in [-0.1, -0.05) is 56.2 Å². The van der Waals surface area contributed by atoms with Gasteiger partial charge in [0, 0.05) is 0 Å². The summed E-state index contributed by atoms with van der Waals surface area (Å²) in [6, 6.07) is 0. The Morgan fingerprint density at radius 1 is 1.28 bits per heavy atom. The van der Waals surface area contributed by atoms with Crippen LogP contribution in [0.25, 0.3) is 0 Å². The summed E-state index contributed by atoms with van der Waals surface area (Å²) in [7, 11) is 2.25. The monoisotopic (exact) mass is 247 g/mol. The van der Waals surface area contributed by atoms with E-state index in [1.54, 1.807) is 0 Å². The highest BCUT2D eigenvalue weighted by Gasteiger charge is 2.03. The molecule has 1 unspecified atom stereocenters. The molecule has 0 heterocycles. The Balaban J connectivity index is 2.11. The van der Waals surface area contributed by atoms with Crippen LogP contribution in [0.15, 0.2) is 36.0 Å². The van der Waals surface area contributed by atoms with Gasteiger partial charge < -0.3 is 4.90 Å². The Morgan fingerprint density at radius 2 is 2.11 bits per heavy atom. The van der Waals surface area contributed by atoms with E-state index in [4.69, 9.17) is 0 Å². The fraction of sp³-hybridized carbons (Fsp3) is 0.647. The van der Waals surface area contributed by atoms with E-state index < -0.39 is 0 Å². The molecular weight excluding hydrogens is 218 g/mol. The minimum Gasteiger partial charge on any atom is -0.306 e. The van der Waals surface area contributed by atoms with Crippen LogP contribution in [0.5, 0.6) is 0 Å². The molecule has 0 aromatic carbocycles. The van der Waals surface area contributed by atoms with Gasteiger partial charge in [0.05, 0.1) is 0 Å². The second kappa shape index (κ2) is 9.16. The van der Waals surface area contributed by atoms with Gasteiger partial charge in [-0.3, -0.25) is 0 Å². The zero-order valence-electron chi connectivity index (χ0n) is 12.4. The molecule has 0 saturated heterocycles. The molecule has 1 aliphatic carbocycles. The topological polar surface area (TPSA) is 3.24 Å². The summed E-state index contributed by atoms with van der Waals surface area (Å²) in [5, 5.41) is 0. The Morgan fingerprint density at radius 3 is 2.89 bits per heavy atom. The van der Waals surface area contributed by atoms with Crippen LogP contribution in [-0.4, -0.2) is 25.0 Å². The first-order chi connectivity index (χ1) is 8.72. The number of rotatable bonds is 8. The van der Waals surface area contributed by atoms with E-state index in [-0.39, 0.29) is 0 Å². The van der Waals surface area contributed by atoms with Crippen molar-refractivity contribution < 1.29 is 0 Å². The minimum absolute atomic E-state index is 0.867. The number of allylic oxidation sites excluding steroid dienone is 6.